The highest BCUT2D eigenvalue weighted by Crippen LogP contribution is 2.16. The summed E-state index contributed by atoms with van der Waals surface area (Å²) in [7, 11) is 0. The van der Waals surface area contributed by atoms with Gasteiger partial charge in [-0.05, 0) is 43.7 Å². The fraction of sp³-hybridized carbons (Fsp3) is 0.350. The Kier molecular flexibility index (Phi) is 8.05. The zero-order valence-corrected chi connectivity index (χ0v) is 15.0. The van der Waals surface area contributed by atoms with E-state index in [2.05, 4.69) is 5.32 Å². The first-order valence-corrected chi connectivity index (χ1v) is 8.56. The third kappa shape index (κ3) is 6.82. The SMILES string of the molecule is CCOCCO[C@@H](C)C(=O)Nc1cccc(COc2cccc(F)c2)c1. The van der Waals surface area contributed by atoms with Gasteiger partial charge in [-0.3, -0.25) is 4.79 Å². The Balaban J connectivity index is 1.84. The highest BCUT2D eigenvalue weighted by molar-refractivity contribution is 5.93. The Morgan fingerprint density at radius 3 is 2.73 bits per heavy atom. The Morgan fingerprint density at radius 1 is 1.15 bits per heavy atom. The van der Waals surface area contributed by atoms with Crippen molar-refractivity contribution >= 4 is 11.6 Å². The Labute approximate surface area is 153 Å². The minimum atomic E-state index is -0.581. The van der Waals surface area contributed by atoms with Gasteiger partial charge < -0.3 is 19.5 Å². The predicted molar refractivity (Wildman–Crippen MR) is 97.7 cm³/mol. The molecule has 0 saturated carbocycles. The molecule has 1 atom stereocenters. The minimum absolute atomic E-state index is 0.232. The fourth-order valence-corrected chi connectivity index (χ4v) is 2.21. The third-order valence-corrected chi connectivity index (χ3v) is 3.56. The summed E-state index contributed by atoms with van der Waals surface area (Å²) in [4.78, 5) is 12.2. The number of ether oxygens (including phenoxy) is 3. The van der Waals surface area contributed by atoms with Gasteiger partial charge in [-0.15, -0.1) is 0 Å². The first kappa shape index (κ1) is 19.9. The van der Waals surface area contributed by atoms with Crippen LogP contribution in [0, 0.1) is 5.82 Å². The topological polar surface area (TPSA) is 56.8 Å². The smallest absolute Gasteiger partial charge is 0.253 e. The van der Waals surface area contributed by atoms with Crippen LogP contribution in [0.1, 0.15) is 19.4 Å². The molecule has 2 aromatic carbocycles. The third-order valence-electron chi connectivity index (χ3n) is 3.56. The Bertz CT molecular complexity index is 708. The molecule has 0 fully saturated rings. The van der Waals surface area contributed by atoms with E-state index in [9.17, 15) is 9.18 Å². The van der Waals surface area contributed by atoms with Crippen LogP contribution in [0.3, 0.4) is 0 Å². The number of carbonyl (C=O) groups excluding carboxylic acids is 1. The van der Waals surface area contributed by atoms with Gasteiger partial charge in [0.25, 0.3) is 5.91 Å². The maximum absolute atomic E-state index is 13.2. The fourth-order valence-electron chi connectivity index (χ4n) is 2.21. The number of hydrogen-bond donors (Lipinski definition) is 1. The van der Waals surface area contributed by atoms with Crippen molar-refractivity contribution in [1.29, 1.82) is 0 Å². The summed E-state index contributed by atoms with van der Waals surface area (Å²) in [5.41, 5.74) is 1.51. The van der Waals surface area contributed by atoms with E-state index in [-0.39, 0.29) is 18.3 Å². The summed E-state index contributed by atoms with van der Waals surface area (Å²) < 4.78 is 29.3. The number of amides is 1. The normalized spacial score (nSPS) is 11.8. The van der Waals surface area contributed by atoms with Gasteiger partial charge in [0.2, 0.25) is 0 Å². The molecule has 0 heterocycles. The van der Waals surface area contributed by atoms with E-state index < -0.39 is 6.10 Å². The second-order valence-electron chi connectivity index (χ2n) is 5.65. The van der Waals surface area contributed by atoms with Crippen LogP contribution in [0.15, 0.2) is 48.5 Å². The van der Waals surface area contributed by atoms with Crippen LogP contribution in [0.25, 0.3) is 0 Å². The molecule has 0 aliphatic carbocycles. The monoisotopic (exact) mass is 361 g/mol. The van der Waals surface area contributed by atoms with Crippen molar-refractivity contribution in [3.63, 3.8) is 0 Å². The van der Waals surface area contributed by atoms with Crippen LogP contribution < -0.4 is 10.1 Å². The molecule has 0 radical (unpaired) electrons. The van der Waals surface area contributed by atoms with Crippen LogP contribution in [-0.2, 0) is 20.9 Å². The van der Waals surface area contributed by atoms with Gasteiger partial charge in [-0.2, -0.15) is 0 Å². The lowest BCUT2D eigenvalue weighted by molar-refractivity contribution is -0.127. The first-order chi connectivity index (χ1) is 12.6. The van der Waals surface area contributed by atoms with Crippen LogP contribution in [-0.4, -0.2) is 31.8 Å². The molecule has 0 unspecified atom stereocenters. The van der Waals surface area contributed by atoms with Crippen LogP contribution in [0.5, 0.6) is 5.75 Å². The standard InChI is InChI=1S/C20H24FNO4/c1-3-24-10-11-25-15(2)20(23)22-18-8-4-6-16(12-18)14-26-19-9-5-7-17(21)13-19/h4-9,12-13,15H,3,10-11,14H2,1-2H3,(H,22,23)/t15-/m0/s1. The Hall–Kier alpha value is -2.44. The number of carbonyl (C=O) groups is 1. The van der Waals surface area contributed by atoms with E-state index in [0.29, 0.717) is 31.3 Å². The van der Waals surface area contributed by atoms with E-state index >= 15 is 0 Å². The average Bonchev–Trinajstić information content (AvgIpc) is 2.64. The van der Waals surface area contributed by atoms with Gasteiger partial charge >= 0.3 is 0 Å². The number of nitrogens with one attached hydrogen (secondary N) is 1. The van der Waals surface area contributed by atoms with Crippen LogP contribution in [0.4, 0.5) is 10.1 Å². The second kappa shape index (κ2) is 10.5. The number of anilines is 1. The zero-order chi connectivity index (χ0) is 18.8. The highest BCUT2D eigenvalue weighted by atomic mass is 19.1. The number of halogens is 1. The van der Waals surface area contributed by atoms with Crippen molar-refractivity contribution in [2.75, 3.05) is 25.1 Å². The van der Waals surface area contributed by atoms with E-state index in [4.69, 9.17) is 14.2 Å². The number of rotatable bonds is 10. The molecule has 0 aliphatic rings. The lowest BCUT2D eigenvalue weighted by Crippen LogP contribution is -2.28. The number of hydrogen-bond acceptors (Lipinski definition) is 4. The molecule has 6 heteroatoms. The van der Waals surface area contributed by atoms with Gasteiger partial charge in [-0.25, -0.2) is 4.39 Å². The van der Waals surface area contributed by atoms with Crippen molar-refractivity contribution in [3.8, 4) is 5.75 Å². The molecule has 0 spiro atoms. The van der Waals surface area contributed by atoms with Crippen molar-refractivity contribution in [2.45, 2.75) is 26.6 Å². The van der Waals surface area contributed by atoms with Gasteiger partial charge in [0.05, 0.1) is 13.2 Å². The molecular weight excluding hydrogens is 337 g/mol. The zero-order valence-electron chi connectivity index (χ0n) is 15.0. The van der Waals surface area contributed by atoms with Crippen molar-refractivity contribution in [3.05, 3.63) is 59.9 Å². The summed E-state index contributed by atoms with van der Waals surface area (Å²) in [5.74, 6) is -0.123. The van der Waals surface area contributed by atoms with Crippen LogP contribution in [0.2, 0.25) is 0 Å². The lowest BCUT2D eigenvalue weighted by atomic mass is 10.2. The summed E-state index contributed by atoms with van der Waals surface area (Å²) in [5, 5.41) is 2.81. The van der Waals surface area contributed by atoms with Gasteiger partial charge in [0.1, 0.15) is 24.3 Å². The van der Waals surface area contributed by atoms with Crippen molar-refractivity contribution in [1.82, 2.24) is 0 Å². The van der Waals surface area contributed by atoms with E-state index in [1.165, 1.54) is 12.1 Å². The van der Waals surface area contributed by atoms with E-state index in [0.717, 1.165) is 5.56 Å². The molecule has 0 bridgehead atoms. The molecule has 0 saturated heterocycles. The summed E-state index contributed by atoms with van der Waals surface area (Å²) in [6.07, 6.45) is -0.581. The molecule has 140 valence electrons. The number of benzene rings is 2. The molecule has 26 heavy (non-hydrogen) atoms. The first-order valence-electron chi connectivity index (χ1n) is 8.56. The van der Waals surface area contributed by atoms with Crippen LogP contribution >= 0.6 is 0 Å². The molecule has 0 aromatic heterocycles. The van der Waals surface area contributed by atoms with E-state index in [1.807, 2.05) is 25.1 Å². The average molecular weight is 361 g/mol. The maximum atomic E-state index is 13.2. The Morgan fingerprint density at radius 2 is 1.96 bits per heavy atom. The molecule has 5 nitrogen and oxygen atoms in total. The summed E-state index contributed by atoms with van der Waals surface area (Å²) in [6.45, 7) is 5.31. The maximum Gasteiger partial charge on any atom is 0.253 e. The summed E-state index contributed by atoms with van der Waals surface area (Å²) >= 11 is 0. The molecule has 2 rings (SSSR count). The van der Waals surface area contributed by atoms with E-state index in [1.54, 1.807) is 25.1 Å². The quantitative estimate of drug-likeness (QED) is 0.654. The molecule has 2 aromatic rings. The van der Waals surface area contributed by atoms with Crippen molar-refractivity contribution < 1.29 is 23.4 Å². The van der Waals surface area contributed by atoms with Gasteiger partial charge in [-0.1, -0.05) is 18.2 Å². The predicted octanol–water partition coefficient (Wildman–Crippen LogP) is 3.78. The summed E-state index contributed by atoms with van der Waals surface area (Å²) in [6, 6.07) is 13.3. The largest absolute Gasteiger partial charge is 0.489 e. The second-order valence-corrected chi connectivity index (χ2v) is 5.65. The highest BCUT2D eigenvalue weighted by Gasteiger charge is 2.13. The minimum Gasteiger partial charge on any atom is -0.489 e. The molecule has 1 amide bonds. The molecule has 0 aliphatic heterocycles. The van der Waals surface area contributed by atoms with Gasteiger partial charge in [0, 0.05) is 18.4 Å². The molecular formula is C20H24FNO4. The van der Waals surface area contributed by atoms with Crippen molar-refractivity contribution in [2.24, 2.45) is 0 Å². The van der Waals surface area contributed by atoms with Gasteiger partial charge in [0.15, 0.2) is 0 Å². The molecule has 1 N–H and O–H groups in total. The lowest BCUT2D eigenvalue weighted by Gasteiger charge is -2.14.